The van der Waals surface area contributed by atoms with Crippen molar-refractivity contribution in [3.05, 3.63) is 42.5 Å². The lowest BCUT2D eigenvalue weighted by Crippen LogP contribution is -2.23. The summed E-state index contributed by atoms with van der Waals surface area (Å²) < 4.78 is 0. The van der Waals surface area contributed by atoms with Crippen LogP contribution in [-0.2, 0) is 0 Å². The van der Waals surface area contributed by atoms with E-state index in [1.165, 1.54) is 29.0 Å². The van der Waals surface area contributed by atoms with Crippen molar-refractivity contribution in [3.8, 4) is 0 Å². The third kappa shape index (κ3) is 2.26. The van der Waals surface area contributed by atoms with Crippen molar-refractivity contribution in [1.29, 1.82) is 0 Å². The zero-order valence-electron chi connectivity index (χ0n) is 8.91. The number of rotatable bonds is 3. The average molecular weight is 261 g/mol. The fraction of sp³-hybridized carbons (Fsp3) is 0.231. The van der Waals surface area contributed by atoms with E-state index in [1.54, 1.807) is 0 Å². The molecule has 2 aromatic carbocycles. The van der Waals surface area contributed by atoms with Crippen LogP contribution in [0.4, 0.5) is 0 Å². The van der Waals surface area contributed by atoms with E-state index in [1.807, 2.05) is 0 Å². The van der Waals surface area contributed by atoms with E-state index in [0.29, 0.717) is 5.54 Å². The Morgan fingerprint density at radius 3 is 2.60 bits per heavy atom. The Bertz CT molecular complexity index is 448. The van der Waals surface area contributed by atoms with E-state index in [9.17, 15) is 0 Å². The molecule has 0 nitrogen and oxygen atoms in total. The van der Waals surface area contributed by atoms with E-state index in [-0.39, 0.29) is 0 Å². The van der Waals surface area contributed by atoms with Crippen LogP contribution in [0.15, 0.2) is 42.5 Å². The molecule has 0 aliphatic rings. The highest BCUT2D eigenvalue weighted by molar-refractivity contribution is 9.25. The highest BCUT2D eigenvalue weighted by Gasteiger charge is 2.13. The molecular weight excluding hydrogens is 247 g/mol. The molecule has 0 aliphatic carbocycles. The Morgan fingerprint density at radius 2 is 1.80 bits per heavy atom. The van der Waals surface area contributed by atoms with E-state index in [4.69, 9.17) is 0 Å². The lowest BCUT2D eigenvalue weighted by molar-refractivity contribution is 1.08. The van der Waals surface area contributed by atoms with Crippen LogP contribution in [0.2, 0.25) is 6.32 Å². The summed E-state index contributed by atoms with van der Waals surface area (Å²) in [4.78, 5) is 0. The predicted octanol–water partition coefficient (Wildman–Crippen LogP) is 3.84. The van der Waals surface area contributed by atoms with Gasteiger partial charge in [0.25, 0.3) is 5.54 Å². The first-order valence-corrected chi connectivity index (χ1v) is 6.36. The third-order valence-corrected chi connectivity index (χ3v) is 3.65. The number of benzene rings is 2. The highest BCUT2D eigenvalue weighted by Crippen LogP contribution is 2.15. The smallest absolute Gasteiger partial charge is 0.150 e. The van der Waals surface area contributed by atoms with Gasteiger partial charge in [0.05, 0.1) is 0 Å². The second-order valence-corrected chi connectivity index (χ2v) is 4.93. The van der Waals surface area contributed by atoms with Gasteiger partial charge in [-0.05, 0) is 10.8 Å². The van der Waals surface area contributed by atoms with Gasteiger partial charge in [-0.2, -0.15) is 0 Å². The summed E-state index contributed by atoms with van der Waals surface area (Å²) in [6, 6.07) is 15.1. The Morgan fingerprint density at radius 1 is 1.07 bits per heavy atom. The Balaban J connectivity index is 2.50. The second-order valence-electron chi connectivity index (χ2n) is 3.82. The quantitative estimate of drug-likeness (QED) is 0.736. The second kappa shape index (κ2) is 4.85. The first-order valence-electron chi connectivity index (χ1n) is 5.44. The molecule has 0 saturated heterocycles. The minimum atomic E-state index is 0.480. The van der Waals surface area contributed by atoms with Crippen LogP contribution >= 0.6 is 15.8 Å². The van der Waals surface area contributed by atoms with Crippen LogP contribution in [0.25, 0.3) is 10.8 Å². The molecule has 0 heterocycles. The summed E-state index contributed by atoms with van der Waals surface area (Å²) >= 11 is 3.77. The van der Waals surface area contributed by atoms with Crippen molar-refractivity contribution < 1.29 is 0 Å². The molecule has 0 fully saturated rings. The van der Waals surface area contributed by atoms with Crippen molar-refractivity contribution in [1.82, 2.24) is 0 Å². The van der Waals surface area contributed by atoms with Gasteiger partial charge in [-0.3, -0.25) is 0 Å². The van der Waals surface area contributed by atoms with Gasteiger partial charge in [0.1, 0.15) is 0 Å². The van der Waals surface area contributed by atoms with Crippen LogP contribution in [-0.4, -0.2) is 5.54 Å². The summed E-state index contributed by atoms with van der Waals surface area (Å²) in [5, 5.41) is 2.70. The molecule has 0 aromatic heterocycles. The molecule has 2 rings (SSSR count). The summed E-state index contributed by atoms with van der Waals surface area (Å²) in [5.74, 6) is 0. The Hall–Kier alpha value is -0.755. The van der Waals surface area contributed by atoms with Crippen molar-refractivity contribution >= 4 is 37.5 Å². The summed E-state index contributed by atoms with van der Waals surface area (Å²) in [6.07, 6.45) is 2.40. The number of hydrogen-bond acceptors (Lipinski definition) is 0. The fourth-order valence-corrected chi connectivity index (χ4v) is 2.79. The van der Waals surface area contributed by atoms with Crippen molar-refractivity contribution in [2.75, 3.05) is 0 Å². The molecule has 0 N–H and O–H groups in total. The standard InChI is InChI=1S/C13H14BBr/c1-2-10-14(15)13-9-5-7-11-6-3-4-8-12(11)13/h3-9H,2,10H2,1H3. The zero-order chi connectivity index (χ0) is 10.7. The summed E-state index contributed by atoms with van der Waals surface area (Å²) in [6.45, 7) is 2.22. The third-order valence-electron chi connectivity index (χ3n) is 2.70. The van der Waals surface area contributed by atoms with Gasteiger partial charge in [0.2, 0.25) is 0 Å². The summed E-state index contributed by atoms with van der Waals surface area (Å²) in [7, 11) is 0. The molecule has 2 aromatic rings. The van der Waals surface area contributed by atoms with Gasteiger partial charge >= 0.3 is 0 Å². The minimum Gasteiger partial charge on any atom is -0.150 e. The van der Waals surface area contributed by atoms with Gasteiger partial charge in [0.15, 0.2) is 0 Å². The Labute approximate surface area is 99.7 Å². The van der Waals surface area contributed by atoms with Crippen LogP contribution in [0, 0.1) is 0 Å². The van der Waals surface area contributed by atoms with Gasteiger partial charge in [-0.1, -0.05) is 67.6 Å². The zero-order valence-corrected chi connectivity index (χ0v) is 10.5. The number of fused-ring (bicyclic) bond motifs is 1. The van der Waals surface area contributed by atoms with E-state index in [2.05, 4.69) is 65.1 Å². The molecule has 0 unspecified atom stereocenters. The van der Waals surface area contributed by atoms with Crippen molar-refractivity contribution in [2.24, 2.45) is 0 Å². The lowest BCUT2D eigenvalue weighted by atomic mass is 9.64. The van der Waals surface area contributed by atoms with Crippen LogP contribution in [0.1, 0.15) is 13.3 Å². The van der Waals surface area contributed by atoms with E-state index >= 15 is 0 Å². The van der Waals surface area contributed by atoms with Gasteiger partial charge in [0, 0.05) is 0 Å². The molecule has 0 spiro atoms. The highest BCUT2D eigenvalue weighted by atomic mass is 79.9. The fourth-order valence-electron chi connectivity index (χ4n) is 1.93. The van der Waals surface area contributed by atoms with Crippen LogP contribution < -0.4 is 5.46 Å². The molecule has 2 heteroatoms. The monoisotopic (exact) mass is 260 g/mol. The molecular formula is C13H14BBr. The maximum absolute atomic E-state index is 3.77. The first-order chi connectivity index (χ1) is 7.33. The van der Waals surface area contributed by atoms with Crippen molar-refractivity contribution in [2.45, 2.75) is 19.7 Å². The molecule has 0 bridgehead atoms. The Kier molecular flexibility index (Phi) is 3.47. The normalized spacial score (nSPS) is 10.5. The predicted molar refractivity (Wildman–Crippen MR) is 73.4 cm³/mol. The van der Waals surface area contributed by atoms with E-state index < -0.39 is 0 Å². The number of hydrogen-bond donors (Lipinski definition) is 0. The van der Waals surface area contributed by atoms with E-state index in [0.717, 1.165) is 0 Å². The topological polar surface area (TPSA) is 0 Å². The van der Waals surface area contributed by atoms with Crippen LogP contribution in [0.5, 0.6) is 0 Å². The molecule has 0 radical (unpaired) electrons. The maximum atomic E-state index is 3.77. The molecule has 0 saturated carbocycles. The SMILES string of the molecule is CCCB(Br)c1cccc2ccccc12. The minimum absolute atomic E-state index is 0.480. The number of halogens is 1. The molecule has 0 aliphatic heterocycles. The first kappa shape index (κ1) is 10.8. The van der Waals surface area contributed by atoms with Gasteiger partial charge in [-0.15, -0.1) is 15.8 Å². The van der Waals surface area contributed by atoms with Crippen LogP contribution in [0.3, 0.4) is 0 Å². The largest absolute Gasteiger partial charge is 0.255 e. The van der Waals surface area contributed by atoms with Gasteiger partial charge < -0.3 is 0 Å². The molecule has 15 heavy (non-hydrogen) atoms. The van der Waals surface area contributed by atoms with Crippen molar-refractivity contribution in [3.63, 3.8) is 0 Å². The average Bonchev–Trinajstić information content (AvgIpc) is 2.28. The molecule has 76 valence electrons. The molecule has 0 amide bonds. The van der Waals surface area contributed by atoms with Gasteiger partial charge in [-0.25, -0.2) is 0 Å². The molecule has 0 atom stereocenters. The maximum Gasteiger partial charge on any atom is 0.255 e. The lowest BCUT2D eigenvalue weighted by Gasteiger charge is -2.09. The summed E-state index contributed by atoms with van der Waals surface area (Å²) in [5.41, 5.74) is 1.89.